The Morgan fingerprint density at radius 1 is 1.13 bits per heavy atom. The van der Waals surface area contributed by atoms with Crippen LogP contribution in [0.5, 0.6) is 11.6 Å². The van der Waals surface area contributed by atoms with Gasteiger partial charge in [0.25, 0.3) is 0 Å². The molecule has 1 heterocycles. The number of methoxy groups -OCH3 is 1. The van der Waals surface area contributed by atoms with E-state index >= 15 is 0 Å². The molecule has 3 rings (SSSR count). The van der Waals surface area contributed by atoms with Gasteiger partial charge in [-0.2, -0.15) is 0 Å². The van der Waals surface area contributed by atoms with Crippen LogP contribution in [0.3, 0.4) is 0 Å². The molecule has 1 N–H and O–H groups in total. The van der Waals surface area contributed by atoms with Crippen LogP contribution in [-0.2, 0) is 16.3 Å². The summed E-state index contributed by atoms with van der Waals surface area (Å²) in [5, 5.41) is 22.9. The molecule has 0 radical (unpaired) electrons. The van der Waals surface area contributed by atoms with Crippen LogP contribution in [0.15, 0.2) is 63.9 Å². The molecule has 0 aliphatic rings. The maximum Gasteiger partial charge on any atom is 0.304 e. The van der Waals surface area contributed by atoms with E-state index in [1.54, 1.807) is 18.6 Å². The molecule has 0 aliphatic heterocycles. The number of oxime groups is 1. The van der Waals surface area contributed by atoms with Gasteiger partial charge in [-0.15, -0.1) is 10.2 Å². The van der Waals surface area contributed by atoms with Crippen molar-refractivity contribution in [2.24, 2.45) is 15.4 Å². The zero-order chi connectivity index (χ0) is 22.4. The average Bonchev–Trinajstić information content (AvgIpc) is 3.03. The van der Waals surface area contributed by atoms with Gasteiger partial charge in [-0.1, -0.05) is 23.4 Å². The van der Waals surface area contributed by atoms with Crippen molar-refractivity contribution in [2.45, 2.75) is 13.6 Å². The molecular weight excluding hydrogens is 398 g/mol. The van der Waals surface area contributed by atoms with E-state index in [1.165, 1.54) is 0 Å². The number of amides is 1. The van der Waals surface area contributed by atoms with Gasteiger partial charge in [0.05, 0.1) is 25.0 Å². The van der Waals surface area contributed by atoms with Crippen LogP contribution < -0.4 is 4.74 Å². The summed E-state index contributed by atoms with van der Waals surface area (Å²) < 4.78 is 6.82. The fraction of sp³-hybridized carbons (Fsp3) is 0.273. The maximum atomic E-state index is 12.1. The summed E-state index contributed by atoms with van der Waals surface area (Å²) in [5.41, 5.74) is 2.49. The van der Waals surface area contributed by atoms with Gasteiger partial charge in [-0.25, -0.2) is 0 Å². The van der Waals surface area contributed by atoms with Gasteiger partial charge in [-0.3, -0.25) is 14.3 Å². The highest BCUT2D eigenvalue weighted by molar-refractivity contribution is 5.98. The second-order valence-corrected chi connectivity index (χ2v) is 7.11. The lowest BCUT2D eigenvalue weighted by molar-refractivity contribution is -0.122. The van der Waals surface area contributed by atoms with E-state index < -0.39 is 5.91 Å². The summed E-state index contributed by atoms with van der Waals surface area (Å²) in [5.74, 6) is 0.0686. The highest BCUT2D eigenvalue weighted by Crippen LogP contribution is 2.38. The lowest BCUT2D eigenvalue weighted by atomic mass is 10.1. The van der Waals surface area contributed by atoms with Gasteiger partial charge in [0.1, 0.15) is 5.75 Å². The van der Waals surface area contributed by atoms with E-state index in [1.807, 2.05) is 67.5 Å². The first kappa shape index (κ1) is 22.0. The number of carbonyl (C=O) groups excluding carboxylic acids is 1. The second kappa shape index (κ2) is 9.86. The molecule has 1 aromatic heterocycles. The number of rotatable bonds is 8. The van der Waals surface area contributed by atoms with E-state index in [0.29, 0.717) is 17.8 Å². The smallest absolute Gasteiger partial charge is 0.304 e. The minimum absolute atomic E-state index is 0.0549. The third kappa shape index (κ3) is 5.26. The van der Waals surface area contributed by atoms with Crippen LogP contribution in [0.25, 0.3) is 10.9 Å². The number of azo groups is 1. The quantitative estimate of drug-likeness (QED) is 0.336. The normalized spacial score (nSPS) is 12.1. The summed E-state index contributed by atoms with van der Waals surface area (Å²) in [4.78, 5) is 19.1. The highest BCUT2D eigenvalue weighted by Gasteiger charge is 2.17. The Hall–Kier alpha value is -3.72. The van der Waals surface area contributed by atoms with Gasteiger partial charge in [0.2, 0.25) is 5.88 Å². The molecule has 0 saturated heterocycles. The van der Waals surface area contributed by atoms with Crippen molar-refractivity contribution in [3.8, 4) is 11.6 Å². The van der Waals surface area contributed by atoms with Gasteiger partial charge in [-0.05, 0) is 56.9 Å². The Bertz CT molecular complexity index is 1120. The number of benzene rings is 2. The van der Waals surface area contributed by atoms with E-state index in [-0.39, 0.29) is 18.2 Å². The summed E-state index contributed by atoms with van der Waals surface area (Å²) in [7, 11) is 5.38. The lowest BCUT2D eigenvalue weighted by Gasteiger charge is -2.12. The molecular formula is C22H25N5O4. The number of aromatic hydroxyl groups is 1. The molecule has 3 aromatic rings. The Labute approximate surface area is 180 Å². The topological polar surface area (TPSA) is 101 Å². The zero-order valence-corrected chi connectivity index (χ0v) is 17.9. The third-order valence-electron chi connectivity index (χ3n) is 4.50. The van der Waals surface area contributed by atoms with Crippen molar-refractivity contribution < 1.29 is 19.5 Å². The fourth-order valence-corrected chi connectivity index (χ4v) is 3.00. The Morgan fingerprint density at radius 3 is 2.52 bits per heavy atom. The van der Waals surface area contributed by atoms with E-state index in [2.05, 4.69) is 15.4 Å². The highest BCUT2D eigenvalue weighted by atomic mass is 16.6. The predicted octanol–water partition coefficient (Wildman–Crippen LogP) is 3.93. The van der Waals surface area contributed by atoms with Crippen molar-refractivity contribution in [1.82, 2.24) is 9.47 Å². The van der Waals surface area contributed by atoms with E-state index in [4.69, 9.17) is 9.57 Å². The number of carbonyl (C=O) groups is 1. The van der Waals surface area contributed by atoms with Crippen LogP contribution in [0.2, 0.25) is 0 Å². The molecule has 0 atom stereocenters. The number of hydrogen-bond donors (Lipinski definition) is 1. The molecule has 2 aromatic carbocycles. The summed E-state index contributed by atoms with van der Waals surface area (Å²) in [6.07, 6.45) is 0. The van der Waals surface area contributed by atoms with Crippen LogP contribution in [0.4, 0.5) is 5.69 Å². The van der Waals surface area contributed by atoms with Crippen LogP contribution in [0, 0.1) is 0 Å². The SMILES string of the molecule is COc1ccc(/C(C)=N\OCC(=O)N=Nc2c(O)n(CN(C)C)c3ccccc23)cc1. The van der Waals surface area contributed by atoms with Crippen molar-refractivity contribution >= 4 is 28.2 Å². The molecule has 162 valence electrons. The first-order valence-corrected chi connectivity index (χ1v) is 9.61. The van der Waals surface area contributed by atoms with Crippen LogP contribution in [-0.4, -0.2) is 54.0 Å². The molecule has 9 heteroatoms. The Morgan fingerprint density at radius 2 is 1.84 bits per heavy atom. The van der Waals surface area contributed by atoms with Crippen molar-refractivity contribution in [3.63, 3.8) is 0 Å². The lowest BCUT2D eigenvalue weighted by Crippen LogP contribution is -2.16. The molecule has 1 amide bonds. The third-order valence-corrected chi connectivity index (χ3v) is 4.50. The molecule has 0 spiro atoms. The van der Waals surface area contributed by atoms with Gasteiger partial charge in [0.15, 0.2) is 12.3 Å². The molecule has 0 fully saturated rings. The summed E-state index contributed by atoms with van der Waals surface area (Å²) in [6.45, 7) is 1.86. The number of para-hydroxylation sites is 1. The van der Waals surface area contributed by atoms with Crippen LogP contribution >= 0.6 is 0 Å². The number of hydrogen-bond acceptors (Lipinski definition) is 7. The first-order chi connectivity index (χ1) is 14.9. The average molecular weight is 423 g/mol. The standard InChI is InChI=1S/C22H25N5O4/c1-15(16-9-11-17(30-4)12-10-16)25-31-13-20(28)23-24-21-18-7-5-6-8-19(18)27(22(21)29)14-26(2)3/h5-12,29H,13-14H2,1-4H3/b24-23?,25-15-. The Kier molecular flexibility index (Phi) is 6.99. The number of aromatic nitrogens is 1. The van der Waals surface area contributed by atoms with Crippen molar-refractivity contribution in [1.29, 1.82) is 0 Å². The van der Waals surface area contributed by atoms with Gasteiger partial charge < -0.3 is 14.7 Å². The number of nitrogens with zero attached hydrogens (tertiary/aromatic N) is 5. The zero-order valence-electron chi connectivity index (χ0n) is 17.9. The molecule has 0 saturated carbocycles. The molecule has 0 aliphatic carbocycles. The fourth-order valence-electron chi connectivity index (χ4n) is 3.00. The summed E-state index contributed by atoms with van der Waals surface area (Å²) >= 11 is 0. The summed E-state index contributed by atoms with van der Waals surface area (Å²) in [6, 6.07) is 14.7. The molecule has 9 nitrogen and oxygen atoms in total. The van der Waals surface area contributed by atoms with Crippen molar-refractivity contribution in [2.75, 3.05) is 27.8 Å². The van der Waals surface area contributed by atoms with Gasteiger partial charge >= 0.3 is 5.91 Å². The van der Waals surface area contributed by atoms with Crippen LogP contribution in [0.1, 0.15) is 12.5 Å². The second-order valence-electron chi connectivity index (χ2n) is 7.11. The number of ether oxygens (including phenoxy) is 1. The number of fused-ring (bicyclic) bond motifs is 1. The largest absolute Gasteiger partial charge is 0.497 e. The first-order valence-electron chi connectivity index (χ1n) is 9.61. The Balaban J connectivity index is 1.68. The predicted molar refractivity (Wildman–Crippen MR) is 118 cm³/mol. The van der Waals surface area contributed by atoms with Gasteiger partial charge in [0, 0.05) is 5.39 Å². The molecule has 0 bridgehead atoms. The van der Waals surface area contributed by atoms with Crippen molar-refractivity contribution in [3.05, 3.63) is 54.1 Å². The minimum atomic E-state index is -0.616. The van der Waals surface area contributed by atoms with E-state index in [9.17, 15) is 9.90 Å². The molecule has 31 heavy (non-hydrogen) atoms. The minimum Gasteiger partial charge on any atom is -0.497 e. The monoisotopic (exact) mass is 423 g/mol. The van der Waals surface area contributed by atoms with E-state index in [0.717, 1.165) is 16.8 Å². The molecule has 0 unspecified atom stereocenters. The maximum absolute atomic E-state index is 12.1.